The fourth-order valence-electron chi connectivity index (χ4n) is 2.98. The number of allylic oxidation sites excluding steroid dienone is 4. The van der Waals surface area contributed by atoms with Crippen molar-refractivity contribution in [3.05, 3.63) is 24.3 Å². The molecule has 0 amide bonds. The molecule has 1 saturated carbocycles. The van der Waals surface area contributed by atoms with E-state index in [2.05, 4.69) is 12.2 Å². The van der Waals surface area contributed by atoms with Crippen molar-refractivity contribution in [2.75, 3.05) is 0 Å². The van der Waals surface area contributed by atoms with Gasteiger partial charge in [0.1, 0.15) is 0 Å². The van der Waals surface area contributed by atoms with Gasteiger partial charge in [0.2, 0.25) is 0 Å². The van der Waals surface area contributed by atoms with E-state index in [0.717, 1.165) is 6.42 Å². The Morgan fingerprint density at radius 1 is 0.923 bits per heavy atom. The first kappa shape index (κ1) is 7.25. The van der Waals surface area contributed by atoms with Crippen molar-refractivity contribution in [2.24, 2.45) is 23.7 Å². The highest BCUT2D eigenvalue weighted by atomic mass is 16.1. The number of fused-ring (bicyclic) bond motifs is 5. The minimum atomic E-state index is -0.0208. The smallest absolute Gasteiger partial charge is 0.160 e. The first-order valence-electron chi connectivity index (χ1n) is 4.71. The minimum absolute atomic E-state index is 0.0208. The Hall–Kier alpha value is -1.18. The average molecular weight is 174 g/mol. The average Bonchev–Trinajstić information content (AvgIpc) is 2.70. The number of ketones is 2. The summed E-state index contributed by atoms with van der Waals surface area (Å²) in [5, 5.41) is 0. The lowest BCUT2D eigenvalue weighted by molar-refractivity contribution is -0.129. The van der Waals surface area contributed by atoms with Gasteiger partial charge in [-0.3, -0.25) is 9.59 Å². The molecule has 66 valence electrons. The van der Waals surface area contributed by atoms with Gasteiger partial charge in [-0.15, -0.1) is 0 Å². The summed E-state index contributed by atoms with van der Waals surface area (Å²) in [7, 11) is 0. The van der Waals surface area contributed by atoms with Crippen molar-refractivity contribution >= 4 is 11.6 Å². The third-order valence-corrected chi connectivity index (χ3v) is 3.53. The summed E-state index contributed by atoms with van der Waals surface area (Å²) in [5.74, 6) is 0.954. The number of carbonyl (C=O) groups is 2. The van der Waals surface area contributed by atoms with Crippen LogP contribution in [0, 0.1) is 23.7 Å². The highest BCUT2D eigenvalue weighted by molar-refractivity contribution is 6.08. The van der Waals surface area contributed by atoms with E-state index in [1.165, 1.54) is 12.2 Å². The number of carbonyl (C=O) groups excluding carboxylic acids is 2. The van der Waals surface area contributed by atoms with E-state index >= 15 is 0 Å². The molecule has 0 aliphatic heterocycles. The van der Waals surface area contributed by atoms with Crippen LogP contribution in [-0.4, -0.2) is 11.6 Å². The fraction of sp³-hybridized carbons (Fsp3) is 0.455. The molecular weight excluding hydrogens is 164 g/mol. The fourth-order valence-corrected chi connectivity index (χ4v) is 2.98. The summed E-state index contributed by atoms with van der Waals surface area (Å²) >= 11 is 0. The van der Waals surface area contributed by atoms with Gasteiger partial charge in [-0.1, -0.05) is 12.2 Å². The molecule has 0 spiro atoms. The molecule has 3 aliphatic carbocycles. The second-order valence-corrected chi connectivity index (χ2v) is 4.14. The topological polar surface area (TPSA) is 34.1 Å². The molecule has 13 heavy (non-hydrogen) atoms. The lowest BCUT2D eigenvalue weighted by atomic mass is 9.75. The molecule has 0 aromatic carbocycles. The van der Waals surface area contributed by atoms with Crippen molar-refractivity contribution in [1.82, 2.24) is 0 Å². The normalized spacial score (nSPS) is 45.8. The maximum Gasteiger partial charge on any atom is 0.160 e. The standard InChI is InChI=1S/C11H10O2/c12-8-3-4-9(13)11-7-2-1-6(5-7)10(8)11/h1-4,6-7,10-11H,5H2/t6-,7+,10-,11-/m0/s1. The van der Waals surface area contributed by atoms with Crippen molar-refractivity contribution < 1.29 is 9.59 Å². The molecule has 3 rings (SSSR count). The van der Waals surface area contributed by atoms with Crippen molar-refractivity contribution in [1.29, 1.82) is 0 Å². The van der Waals surface area contributed by atoms with Gasteiger partial charge in [-0.2, -0.15) is 0 Å². The van der Waals surface area contributed by atoms with Gasteiger partial charge in [-0.05, 0) is 30.4 Å². The molecule has 0 aromatic rings. The monoisotopic (exact) mass is 174 g/mol. The van der Waals surface area contributed by atoms with Crippen LogP contribution in [0.2, 0.25) is 0 Å². The van der Waals surface area contributed by atoms with Crippen LogP contribution in [0.15, 0.2) is 24.3 Å². The van der Waals surface area contributed by atoms with E-state index in [9.17, 15) is 9.59 Å². The molecule has 1 fully saturated rings. The zero-order chi connectivity index (χ0) is 9.00. The Labute approximate surface area is 76.3 Å². The number of rotatable bonds is 0. The lowest BCUT2D eigenvalue weighted by Gasteiger charge is -2.26. The van der Waals surface area contributed by atoms with Gasteiger partial charge < -0.3 is 0 Å². The second kappa shape index (κ2) is 2.19. The second-order valence-electron chi connectivity index (χ2n) is 4.14. The van der Waals surface area contributed by atoms with Crippen LogP contribution >= 0.6 is 0 Å². The van der Waals surface area contributed by atoms with E-state index in [4.69, 9.17) is 0 Å². The van der Waals surface area contributed by atoms with Crippen LogP contribution in [-0.2, 0) is 9.59 Å². The molecule has 0 radical (unpaired) electrons. The highest BCUT2D eigenvalue weighted by Gasteiger charge is 2.51. The van der Waals surface area contributed by atoms with Crippen molar-refractivity contribution in [3.63, 3.8) is 0 Å². The first-order chi connectivity index (χ1) is 6.27. The first-order valence-corrected chi connectivity index (χ1v) is 4.71. The highest BCUT2D eigenvalue weighted by Crippen LogP contribution is 2.50. The molecule has 2 bridgehead atoms. The summed E-state index contributed by atoms with van der Waals surface area (Å²) in [6.45, 7) is 0. The van der Waals surface area contributed by atoms with Crippen LogP contribution in [0.4, 0.5) is 0 Å². The molecule has 2 nitrogen and oxygen atoms in total. The Morgan fingerprint density at radius 3 is 1.85 bits per heavy atom. The predicted octanol–water partition coefficient (Wildman–Crippen LogP) is 1.13. The van der Waals surface area contributed by atoms with Crippen molar-refractivity contribution in [3.8, 4) is 0 Å². The van der Waals surface area contributed by atoms with E-state index in [-0.39, 0.29) is 23.4 Å². The Balaban J connectivity index is 2.09. The Kier molecular flexibility index (Phi) is 1.22. The van der Waals surface area contributed by atoms with E-state index in [1.54, 1.807) is 0 Å². The van der Waals surface area contributed by atoms with Crippen LogP contribution in [0.25, 0.3) is 0 Å². The molecule has 0 aromatic heterocycles. The number of hydrogen-bond donors (Lipinski definition) is 0. The molecule has 2 heteroatoms. The molecule has 0 N–H and O–H groups in total. The summed E-state index contributed by atoms with van der Waals surface area (Å²) in [6.07, 6.45) is 8.14. The summed E-state index contributed by atoms with van der Waals surface area (Å²) in [5.41, 5.74) is 0. The Morgan fingerprint density at radius 2 is 1.38 bits per heavy atom. The van der Waals surface area contributed by atoms with Gasteiger partial charge in [-0.25, -0.2) is 0 Å². The van der Waals surface area contributed by atoms with Crippen LogP contribution in [0.5, 0.6) is 0 Å². The molecule has 0 heterocycles. The van der Waals surface area contributed by atoms with Gasteiger partial charge >= 0.3 is 0 Å². The van der Waals surface area contributed by atoms with E-state index < -0.39 is 0 Å². The zero-order valence-electron chi connectivity index (χ0n) is 7.14. The maximum atomic E-state index is 11.5. The molecule has 0 unspecified atom stereocenters. The summed E-state index contributed by atoms with van der Waals surface area (Å²) in [6, 6.07) is 0. The Bertz CT molecular complexity index is 319. The van der Waals surface area contributed by atoms with Crippen LogP contribution < -0.4 is 0 Å². The van der Waals surface area contributed by atoms with Crippen LogP contribution in [0.3, 0.4) is 0 Å². The number of hydrogen-bond acceptors (Lipinski definition) is 2. The summed E-state index contributed by atoms with van der Waals surface area (Å²) < 4.78 is 0. The maximum absolute atomic E-state index is 11.5. The molecule has 0 saturated heterocycles. The van der Waals surface area contributed by atoms with E-state index in [1.807, 2.05) is 0 Å². The van der Waals surface area contributed by atoms with Crippen LogP contribution in [0.1, 0.15) is 6.42 Å². The third kappa shape index (κ3) is 0.781. The van der Waals surface area contributed by atoms with E-state index in [0.29, 0.717) is 11.8 Å². The quantitative estimate of drug-likeness (QED) is 0.516. The lowest BCUT2D eigenvalue weighted by Crippen LogP contribution is -2.34. The molecule has 3 aliphatic rings. The minimum Gasteiger partial charge on any atom is -0.294 e. The zero-order valence-corrected chi connectivity index (χ0v) is 7.14. The SMILES string of the molecule is O=C1C=CC(=O)[C@H]2[C@H]1[C@@H]1C=C[C@H]2C1. The largest absolute Gasteiger partial charge is 0.294 e. The van der Waals surface area contributed by atoms with Gasteiger partial charge in [0, 0.05) is 11.8 Å². The van der Waals surface area contributed by atoms with Gasteiger partial charge in [0.25, 0.3) is 0 Å². The molecule has 4 atom stereocenters. The van der Waals surface area contributed by atoms with Gasteiger partial charge in [0.05, 0.1) is 0 Å². The predicted molar refractivity (Wildman–Crippen MR) is 46.9 cm³/mol. The van der Waals surface area contributed by atoms with Crippen molar-refractivity contribution in [2.45, 2.75) is 6.42 Å². The molecular formula is C11H10O2. The van der Waals surface area contributed by atoms with Gasteiger partial charge in [0.15, 0.2) is 11.6 Å². The summed E-state index contributed by atoms with van der Waals surface area (Å²) in [4.78, 5) is 23.1. The third-order valence-electron chi connectivity index (χ3n) is 3.53.